The van der Waals surface area contributed by atoms with Crippen LogP contribution in [0.15, 0.2) is 34.1 Å². The van der Waals surface area contributed by atoms with E-state index in [0.717, 1.165) is 17.4 Å². The molecule has 1 aromatic heterocycles. The first-order chi connectivity index (χ1) is 9.91. The third kappa shape index (κ3) is 4.38. The molecule has 0 saturated heterocycles. The van der Waals surface area contributed by atoms with Crippen molar-refractivity contribution in [3.05, 3.63) is 50.4 Å². The van der Waals surface area contributed by atoms with E-state index in [2.05, 4.69) is 78.6 Å². The Morgan fingerprint density at radius 2 is 2.00 bits per heavy atom. The van der Waals surface area contributed by atoms with Crippen LogP contribution in [0.1, 0.15) is 50.0 Å². The van der Waals surface area contributed by atoms with Crippen molar-refractivity contribution in [3.63, 3.8) is 0 Å². The van der Waals surface area contributed by atoms with Gasteiger partial charge in [-0.15, -0.1) is 11.3 Å². The number of thiazole rings is 1. The summed E-state index contributed by atoms with van der Waals surface area (Å²) in [5, 5.41) is 6.96. The quantitative estimate of drug-likeness (QED) is 0.796. The van der Waals surface area contributed by atoms with Gasteiger partial charge < -0.3 is 5.32 Å². The highest BCUT2D eigenvalue weighted by atomic mass is 79.9. The molecule has 2 nitrogen and oxygen atoms in total. The predicted octanol–water partition coefficient (Wildman–Crippen LogP) is 5.10. The van der Waals surface area contributed by atoms with Crippen LogP contribution >= 0.6 is 27.3 Å². The van der Waals surface area contributed by atoms with Gasteiger partial charge in [-0.1, -0.05) is 61.8 Å². The second-order valence-electron chi connectivity index (χ2n) is 6.21. The third-order valence-corrected chi connectivity index (χ3v) is 5.02. The Balaban J connectivity index is 2.21. The van der Waals surface area contributed by atoms with Gasteiger partial charge in [-0.3, -0.25) is 0 Å². The summed E-state index contributed by atoms with van der Waals surface area (Å²) in [5.74, 6) is 0. The van der Waals surface area contributed by atoms with Crippen LogP contribution in [0.25, 0.3) is 0 Å². The van der Waals surface area contributed by atoms with Gasteiger partial charge in [0.05, 0.1) is 10.7 Å². The van der Waals surface area contributed by atoms with Gasteiger partial charge in [0.1, 0.15) is 0 Å². The number of nitrogens with one attached hydrogen (secondary N) is 1. The van der Waals surface area contributed by atoms with E-state index in [9.17, 15) is 0 Å². The number of benzene rings is 1. The van der Waals surface area contributed by atoms with Gasteiger partial charge in [0.2, 0.25) is 0 Å². The maximum absolute atomic E-state index is 4.82. The SMILES string of the molecule is CCNC(Cc1nc(C(C)(C)C)cs1)c1ccccc1Br. The Kier molecular flexibility index (Phi) is 5.58. The highest BCUT2D eigenvalue weighted by Crippen LogP contribution is 2.29. The highest BCUT2D eigenvalue weighted by molar-refractivity contribution is 9.10. The van der Waals surface area contributed by atoms with Gasteiger partial charge in [0, 0.05) is 27.7 Å². The summed E-state index contributed by atoms with van der Waals surface area (Å²) in [6.45, 7) is 9.72. The second kappa shape index (κ2) is 7.03. The van der Waals surface area contributed by atoms with Crippen molar-refractivity contribution in [2.45, 2.75) is 45.6 Å². The van der Waals surface area contributed by atoms with E-state index >= 15 is 0 Å². The van der Waals surface area contributed by atoms with Crippen LogP contribution in [0, 0.1) is 0 Å². The molecule has 0 saturated carbocycles. The molecular formula is C17H23BrN2S. The molecule has 2 rings (SSSR count). The van der Waals surface area contributed by atoms with Crippen LogP contribution in [0.4, 0.5) is 0 Å². The fourth-order valence-corrected chi connectivity index (χ4v) is 3.85. The normalized spacial score (nSPS) is 13.4. The van der Waals surface area contributed by atoms with Crippen molar-refractivity contribution >= 4 is 27.3 Å². The van der Waals surface area contributed by atoms with Crippen LogP contribution in [0.3, 0.4) is 0 Å². The Morgan fingerprint density at radius 1 is 1.29 bits per heavy atom. The summed E-state index contributed by atoms with van der Waals surface area (Å²) in [5.41, 5.74) is 2.60. The van der Waals surface area contributed by atoms with E-state index in [1.54, 1.807) is 11.3 Å². The maximum atomic E-state index is 4.82. The largest absolute Gasteiger partial charge is 0.310 e. The summed E-state index contributed by atoms with van der Waals surface area (Å²) in [4.78, 5) is 4.82. The first kappa shape index (κ1) is 16.7. The molecule has 1 heterocycles. The zero-order valence-electron chi connectivity index (χ0n) is 13.1. The van der Waals surface area contributed by atoms with Gasteiger partial charge in [-0.2, -0.15) is 0 Å². The molecule has 1 unspecified atom stereocenters. The summed E-state index contributed by atoms with van der Waals surface area (Å²) in [6, 6.07) is 8.71. The molecule has 21 heavy (non-hydrogen) atoms. The van der Waals surface area contributed by atoms with Crippen molar-refractivity contribution in [2.75, 3.05) is 6.54 Å². The number of aromatic nitrogens is 1. The van der Waals surface area contributed by atoms with Crippen LogP contribution in [-0.2, 0) is 11.8 Å². The first-order valence-electron chi connectivity index (χ1n) is 7.34. The van der Waals surface area contributed by atoms with Crippen LogP contribution < -0.4 is 5.32 Å². The lowest BCUT2D eigenvalue weighted by molar-refractivity contribution is 0.538. The molecule has 0 aliphatic carbocycles. The molecule has 1 N–H and O–H groups in total. The maximum Gasteiger partial charge on any atom is 0.0947 e. The molecular weight excluding hydrogens is 344 g/mol. The molecule has 0 spiro atoms. The van der Waals surface area contributed by atoms with E-state index < -0.39 is 0 Å². The van der Waals surface area contributed by atoms with Gasteiger partial charge in [-0.25, -0.2) is 4.98 Å². The van der Waals surface area contributed by atoms with Gasteiger partial charge in [-0.05, 0) is 18.2 Å². The van der Waals surface area contributed by atoms with Crippen molar-refractivity contribution in [3.8, 4) is 0 Å². The smallest absolute Gasteiger partial charge is 0.0947 e. The molecule has 0 radical (unpaired) electrons. The fourth-order valence-electron chi connectivity index (χ4n) is 2.22. The summed E-state index contributed by atoms with van der Waals surface area (Å²) >= 11 is 5.42. The lowest BCUT2D eigenvalue weighted by Crippen LogP contribution is -2.23. The number of rotatable bonds is 5. The number of hydrogen-bond acceptors (Lipinski definition) is 3. The standard InChI is InChI=1S/C17H23BrN2S/c1-5-19-14(12-8-6-7-9-13(12)18)10-16-20-15(11-21-16)17(2,3)4/h6-9,11,14,19H,5,10H2,1-4H3. The molecule has 114 valence electrons. The predicted molar refractivity (Wildman–Crippen MR) is 95.1 cm³/mol. The van der Waals surface area contributed by atoms with E-state index in [4.69, 9.17) is 4.98 Å². The van der Waals surface area contributed by atoms with E-state index in [1.807, 2.05) is 0 Å². The number of nitrogens with zero attached hydrogens (tertiary/aromatic N) is 1. The van der Waals surface area contributed by atoms with Gasteiger partial charge in [0.25, 0.3) is 0 Å². The summed E-state index contributed by atoms with van der Waals surface area (Å²) in [7, 11) is 0. The molecule has 4 heteroatoms. The van der Waals surface area contributed by atoms with Crippen molar-refractivity contribution in [2.24, 2.45) is 0 Å². The lowest BCUT2D eigenvalue weighted by Gasteiger charge is -2.19. The first-order valence-corrected chi connectivity index (χ1v) is 9.01. The molecule has 0 bridgehead atoms. The number of halogens is 1. The zero-order valence-corrected chi connectivity index (χ0v) is 15.5. The lowest BCUT2D eigenvalue weighted by atomic mass is 9.93. The Morgan fingerprint density at radius 3 is 2.57 bits per heavy atom. The average Bonchev–Trinajstić information content (AvgIpc) is 2.87. The minimum Gasteiger partial charge on any atom is -0.310 e. The Labute approximate surface area is 140 Å². The molecule has 0 fully saturated rings. The Hall–Kier alpha value is -0.710. The molecule has 1 aromatic carbocycles. The van der Waals surface area contributed by atoms with Crippen molar-refractivity contribution in [1.29, 1.82) is 0 Å². The third-order valence-electron chi connectivity index (χ3n) is 3.43. The van der Waals surface area contributed by atoms with E-state index in [0.29, 0.717) is 6.04 Å². The number of hydrogen-bond donors (Lipinski definition) is 1. The minimum atomic E-state index is 0.121. The minimum absolute atomic E-state index is 0.121. The van der Waals surface area contributed by atoms with Gasteiger partial charge in [0.15, 0.2) is 0 Å². The van der Waals surface area contributed by atoms with Crippen LogP contribution in [0.2, 0.25) is 0 Å². The topological polar surface area (TPSA) is 24.9 Å². The van der Waals surface area contributed by atoms with E-state index in [-0.39, 0.29) is 5.41 Å². The molecule has 2 aromatic rings. The highest BCUT2D eigenvalue weighted by Gasteiger charge is 2.20. The summed E-state index contributed by atoms with van der Waals surface area (Å²) < 4.78 is 1.16. The van der Waals surface area contributed by atoms with Crippen molar-refractivity contribution < 1.29 is 0 Å². The summed E-state index contributed by atoms with van der Waals surface area (Å²) in [6.07, 6.45) is 0.928. The molecule has 1 atom stereocenters. The van der Waals surface area contributed by atoms with Crippen LogP contribution in [0.5, 0.6) is 0 Å². The molecule has 0 aliphatic heterocycles. The van der Waals surface area contributed by atoms with E-state index in [1.165, 1.54) is 16.3 Å². The monoisotopic (exact) mass is 366 g/mol. The number of likely N-dealkylation sites (N-methyl/N-ethyl adjacent to an activating group) is 1. The second-order valence-corrected chi connectivity index (χ2v) is 8.01. The Bertz CT molecular complexity index is 586. The average molecular weight is 367 g/mol. The molecule has 0 amide bonds. The van der Waals surface area contributed by atoms with Gasteiger partial charge >= 0.3 is 0 Å². The van der Waals surface area contributed by atoms with Crippen molar-refractivity contribution in [1.82, 2.24) is 10.3 Å². The molecule has 0 aliphatic rings. The fraction of sp³-hybridized carbons (Fsp3) is 0.471. The zero-order chi connectivity index (χ0) is 15.5. The van der Waals surface area contributed by atoms with Crippen LogP contribution in [-0.4, -0.2) is 11.5 Å².